The number of carbonyl (C=O) groups excluding carboxylic acids is 1. The van der Waals surface area contributed by atoms with Crippen molar-refractivity contribution in [1.82, 2.24) is 14.9 Å². The minimum Gasteiger partial charge on any atom is -0.480 e. The number of anilines is 1. The zero-order valence-corrected chi connectivity index (χ0v) is 21.2. The number of carbonyl (C=O) groups is 2. The molecule has 198 valence electrons. The molecule has 0 saturated heterocycles. The summed E-state index contributed by atoms with van der Waals surface area (Å²) < 4.78 is 13.4. The Morgan fingerprint density at radius 2 is 1.74 bits per heavy atom. The third kappa shape index (κ3) is 6.89. The van der Waals surface area contributed by atoms with Gasteiger partial charge in [0.25, 0.3) is 0 Å². The summed E-state index contributed by atoms with van der Waals surface area (Å²) in [4.78, 5) is 28.8. The standard InChI is InChI=1S/C29H32N4O5/c1-2-21(13-16-27(34)31-25(28(35)36)19-37-18-20-9-5-3-6-10-20)33-26-17-23(14-15-24(26)32-29(33)30)38-22-11-7-4-8-12-22/h3-12,14-15,17,21,25H,2,13,16,18-19H2,1H3,(H2,30,32)(H,31,34)(H,35,36)/t21-,25?/m1/s1. The van der Waals surface area contributed by atoms with E-state index in [1.165, 1.54) is 0 Å². The van der Waals surface area contributed by atoms with E-state index in [2.05, 4.69) is 10.3 Å². The first kappa shape index (κ1) is 26.7. The van der Waals surface area contributed by atoms with Crippen LogP contribution >= 0.6 is 0 Å². The van der Waals surface area contributed by atoms with Gasteiger partial charge >= 0.3 is 5.97 Å². The summed E-state index contributed by atoms with van der Waals surface area (Å²) in [7, 11) is 0. The molecule has 0 saturated carbocycles. The molecule has 2 atom stereocenters. The van der Waals surface area contributed by atoms with Crippen LogP contribution in [0.25, 0.3) is 11.0 Å². The molecular weight excluding hydrogens is 484 g/mol. The van der Waals surface area contributed by atoms with Crippen molar-refractivity contribution in [3.05, 3.63) is 84.4 Å². The van der Waals surface area contributed by atoms with Gasteiger partial charge in [-0.25, -0.2) is 9.78 Å². The molecule has 4 rings (SSSR count). The summed E-state index contributed by atoms with van der Waals surface area (Å²) in [5, 5.41) is 12.1. The fourth-order valence-corrected chi connectivity index (χ4v) is 4.29. The first-order chi connectivity index (χ1) is 18.4. The number of nitrogens with zero attached hydrogens (tertiary/aromatic N) is 2. The summed E-state index contributed by atoms with van der Waals surface area (Å²) >= 11 is 0. The number of aliphatic carboxylic acids is 1. The highest BCUT2D eigenvalue weighted by molar-refractivity contribution is 5.84. The van der Waals surface area contributed by atoms with Crippen LogP contribution in [0.2, 0.25) is 0 Å². The van der Waals surface area contributed by atoms with E-state index in [0.29, 0.717) is 24.5 Å². The summed E-state index contributed by atoms with van der Waals surface area (Å²) in [6, 6.07) is 23.2. The van der Waals surface area contributed by atoms with E-state index in [1.54, 1.807) is 0 Å². The number of imidazole rings is 1. The SMILES string of the molecule is CC[C@H](CCC(=O)NC(COCc1ccccc1)C(=O)O)n1c(N)nc2ccc(Oc3ccccc3)cc21. The number of amides is 1. The Morgan fingerprint density at radius 3 is 2.42 bits per heavy atom. The average molecular weight is 517 g/mol. The van der Waals surface area contributed by atoms with E-state index in [4.69, 9.17) is 15.2 Å². The van der Waals surface area contributed by atoms with Gasteiger partial charge in [-0.15, -0.1) is 0 Å². The van der Waals surface area contributed by atoms with Crippen molar-refractivity contribution >= 4 is 28.9 Å². The highest BCUT2D eigenvalue weighted by Crippen LogP contribution is 2.31. The molecule has 0 aliphatic carbocycles. The molecule has 9 heteroatoms. The Morgan fingerprint density at radius 1 is 1.03 bits per heavy atom. The van der Waals surface area contributed by atoms with Crippen LogP contribution in [0.15, 0.2) is 78.9 Å². The Labute approximate surface area is 221 Å². The van der Waals surface area contributed by atoms with Gasteiger partial charge in [0.2, 0.25) is 11.9 Å². The second-order valence-corrected chi connectivity index (χ2v) is 8.97. The molecular formula is C29H32N4O5. The Bertz CT molecular complexity index is 1360. The summed E-state index contributed by atoms with van der Waals surface area (Å²) in [6.45, 7) is 2.15. The van der Waals surface area contributed by atoms with Gasteiger partial charge in [-0.1, -0.05) is 55.5 Å². The van der Waals surface area contributed by atoms with Crippen LogP contribution < -0.4 is 15.8 Å². The second kappa shape index (κ2) is 12.7. The third-order valence-corrected chi connectivity index (χ3v) is 6.24. The van der Waals surface area contributed by atoms with Crippen molar-refractivity contribution in [2.75, 3.05) is 12.3 Å². The first-order valence-corrected chi connectivity index (χ1v) is 12.6. The second-order valence-electron chi connectivity index (χ2n) is 8.97. The first-order valence-electron chi connectivity index (χ1n) is 12.6. The highest BCUT2D eigenvalue weighted by atomic mass is 16.5. The number of aromatic nitrogens is 2. The number of nitrogens with one attached hydrogen (secondary N) is 1. The highest BCUT2D eigenvalue weighted by Gasteiger charge is 2.22. The minimum absolute atomic E-state index is 0.115. The maximum absolute atomic E-state index is 12.7. The average Bonchev–Trinajstić information content (AvgIpc) is 3.24. The van der Waals surface area contributed by atoms with Gasteiger partial charge in [-0.05, 0) is 42.7 Å². The van der Waals surface area contributed by atoms with E-state index >= 15 is 0 Å². The van der Waals surface area contributed by atoms with Crippen LogP contribution in [0.1, 0.15) is 37.8 Å². The lowest BCUT2D eigenvalue weighted by Crippen LogP contribution is -2.44. The number of rotatable bonds is 13. The van der Waals surface area contributed by atoms with Crippen molar-refractivity contribution in [3.8, 4) is 11.5 Å². The van der Waals surface area contributed by atoms with Crippen molar-refractivity contribution in [3.63, 3.8) is 0 Å². The Hall–Kier alpha value is -4.37. The van der Waals surface area contributed by atoms with Crippen LogP contribution in [0.3, 0.4) is 0 Å². The quantitative estimate of drug-likeness (QED) is 0.230. The van der Waals surface area contributed by atoms with Gasteiger partial charge in [0.15, 0.2) is 6.04 Å². The van der Waals surface area contributed by atoms with E-state index in [9.17, 15) is 14.7 Å². The molecule has 4 N–H and O–H groups in total. The third-order valence-electron chi connectivity index (χ3n) is 6.24. The van der Waals surface area contributed by atoms with Gasteiger partial charge in [-0.3, -0.25) is 4.79 Å². The lowest BCUT2D eigenvalue weighted by atomic mass is 10.1. The summed E-state index contributed by atoms with van der Waals surface area (Å²) in [5.41, 5.74) is 8.74. The fraction of sp³-hybridized carbons (Fsp3) is 0.276. The van der Waals surface area contributed by atoms with Crippen molar-refractivity contribution in [2.45, 2.75) is 44.9 Å². The number of carboxylic acids is 1. The van der Waals surface area contributed by atoms with Gasteiger partial charge in [0.1, 0.15) is 11.5 Å². The zero-order chi connectivity index (χ0) is 26.9. The van der Waals surface area contributed by atoms with E-state index in [-0.39, 0.29) is 31.6 Å². The smallest absolute Gasteiger partial charge is 0.328 e. The molecule has 0 fully saturated rings. The number of fused-ring (bicyclic) bond motifs is 1. The maximum Gasteiger partial charge on any atom is 0.328 e. The van der Waals surface area contributed by atoms with Gasteiger partial charge in [-0.2, -0.15) is 0 Å². The van der Waals surface area contributed by atoms with E-state index in [0.717, 1.165) is 22.3 Å². The van der Waals surface area contributed by atoms with E-state index in [1.807, 2.05) is 90.4 Å². The summed E-state index contributed by atoms with van der Waals surface area (Å²) in [6.07, 6.45) is 1.29. The maximum atomic E-state index is 12.7. The van der Waals surface area contributed by atoms with Crippen LogP contribution in [0.4, 0.5) is 5.95 Å². The molecule has 1 amide bonds. The fourth-order valence-electron chi connectivity index (χ4n) is 4.29. The predicted molar refractivity (Wildman–Crippen MR) is 145 cm³/mol. The van der Waals surface area contributed by atoms with Crippen LogP contribution in [-0.4, -0.2) is 39.2 Å². The molecule has 9 nitrogen and oxygen atoms in total. The van der Waals surface area contributed by atoms with Crippen LogP contribution in [0.5, 0.6) is 11.5 Å². The number of nitrogen functional groups attached to an aromatic ring is 1. The molecule has 0 radical (unpaired) electrons. The van der Waals surface area contributed by atoms with Crippen molar-refractivity contribution in [2.24, 2.45) is 0 Å². The zero-order valence-electron chi connectivity index (χ0n) is 21.2. The minimum atomic E-state index is -1.14. The molecule has 0 aliphatic heterocycles. The number of carboxylic acid groups (broad SMARTS) is 1. The topological polar surface area (TPSA) is 129 Å². The molecule has 1 aromatic heterocycles. The molecule has 0 spiro atoms. The van der Waals surface area contributed by atoms with Gasteiger partial charge < -0.3 is 30.2 Å². The number of nitrogens with two attached hydrogens (primary N) is 1. The molecule has 1 heterocycles. The molecule has 4 aromatic rings. The number of hydrogen-bond donors (Lipinski definition) is 3. The van der Waals surface area contributed by atoms with Crippen LogP contribution in [-0.2, 0) is 20.9 Å². The Kier molecular flexibility index (Phi) is 8.94. The largest absolute Gasteiger partial charge is 0.480 e. The lowest BCUT2D eigenvalue weighted by Gasteiger charge is -2.20. The Balaban J connectivity index is 1.38. The van der Waals surface area contributed by atoms with Crippen molar-refractivity contribution < 1.29 is 24.2 Å². The molecule has 3 aromatic carbocycles. The molecule has 0 aliphatic rings. The lowest BCUT2D eigenvalue weighted by molar-refractivity contribution is -0.143. The molecule has 1 unspecified atom stereocenters. The summed E-state index contributed by atoms with van der Waals surface area (Å²) in [5.74, 6) is 0.207. The number of hydrogen-bond acceptors (Lipinski definition) is 6. The normalized spacial score (nSPS) is 12.7. The van der Waals surface area contributed by atoms with Gasteiger partial charge in [0, 0.05) is 18.5 Å². The predicted octanol–water partition coefficient (Wildman–Crippen LogP) is 4.93. The molecule has 38 heavy (non-hydrogen) atoms. The molecule has 0 bridgehead atoms. The van der Waals surface area contributed by atoms with E-state index < -0.39 is 12.0 Å². The number of benzene rings is 3. The monoisotopic (exact) mass is 516 g/mol. The number of ether oxygens (including phenoxy) is 2. The van der Waals surface area contributed by atoms with Gasteiger partial charge in [0.05, 0.1) is 24.2 Å². The number of para-hydroxylation sites is 1. The van der Waals surface area contributed by atoms with Crippen LogP contribution in [0, 0.1) is 0 Å². The van der Waals surface area contributed by atoms with Crippen molar-refractivity contribution in [1.29, 1.82) is 0 Å².